The van der Waals surface area contributed by atoms with Gasteiger partial charge in [0.25, 0.3) is 0 Å². The maximum absolute atomic E-state index is 11.1. The Balaban J connectivity index is 2.34. The molecule has 1 heterocycles. The van der Waals surface area contributed by atoms with Gasteiger partial charge in [0, 0.05) is 12.6 Å². The van der Waals surface area contributed by atoms with Crippen LogP contribution in [0.3, 0.4) is 0 Å². The first-order valence-corrected chi connectivity index (χ1v) is 6.42. The quantitative estimate of drug-likeness (QED) is 0.436. The number of nitrogens with one attached hydrogen (secondary N) is 1. The summed E-state index contributed by atoms with van der Waals surface area (Å²) >= 11 is 0. The number of nitrogens with two attached hydrogens (primary N) is 1. The fourth-order valence-corrected chi connectivity index (χ4v) is 1.95. The third kappa shape index (κ3) is 3.08. The van der Waals surface area contributed by atoms with E-state index in [0.717, 1.165) is 32.2 Å². The highest BCUT2D eigenvalue weighted by Crippen LogP contribution is 2.35. The van der Waals surface area contributed by atoms with E-state index in [1.165, 1.54) is 6.20 Å². The fraction of sp³-hybridized carbons (Fsp3) is 0.636. The van der Waals surface area contributed by atoms with E-state index in [0.29, 0.717) is 11.9 Å². The Labute approximate surface area is 111 Å². The molecule has 1 aliphatic carbocycles. The van der Waals surface area contributed by atoms with Crippen molar-refractivity contribution in [2.75, 3.05) is 16.9 Å². The van der Waals surface area contributed by atoms with Crippen LogP contribution in [0.4, 0.5) is 17.5 Å². The number of rotatable bonds is 7. The molecular weight excluding hydrogens is 248 g/mol. The van der Waals surface area contributed by atoms with Crippen molar-refractivity contribution in [3.05, 3.63) is 16.3 Å². The molecule has 0 aromatic carbocycles. The Bertz CT molecular complexity index is 462. The van der Waals surface area contributed by atoms with Gasteiger partial charge in [0.15, 0.2) is 0 Å². The Morgan fingerprint density at radius 2 is 2.37 bits per heavy atom. The number of nitrogen functional groups attached to an aromatic ring is 1. The zero-order valence-corrected chi connectivity index (χ0v) is 10.9. The van der Waals surface area contributed by atoms with Crippen molar-refractivity contribution in [2.24, 2.45) is 5.84 Å². The first kappa shape index (κ1) is 13.5. The number of hydrogen-bond acceptors (Lipinski definition) is 7. The molecule has 0 amide bonds. The van der Waals surface area contributed by atoms with E-state index in [2.05, 4.69) is 22.3 Å². The average molecular weight is 266 g/mol. The summed E-state index contributed by atoms with van der Waals surface area (Å²) in [5.41, 5.74) is 2.26. The highest BCUT2D eigenvalue weighted by atomic mass is 16.6. The largest absolute Gasteiger partial charge is 0.348 e. The molecule has 0 atom stereocenters. The standard InChI is InChI=1S/C11H18N6O2/c1-2-3-6-16(8-4-5-8)10-9(17(18)19)7-13-11(14-10)15-12/h7-8H,2-6,12H2,1H3,(H,13,14,15). The van der Waals surface area contributed by atoms with E-state index in [1.54, 1.807) is 0 Å². The maximum Gasteiger partial charge on any atom is 0.329 e. The van der Waals surface area contributed by atoms with Crippen LogP contribution in [0.1, 0.15) is 32.6 Å². The Kier molecular flexibility index (Phi) is 4.10. The van der Waals surface area contributed by atoms with Gasteiger partial charge in [-0.15, -0.1) is 0 Å². The molecular formula is C11H18N6O2. The number of hydrogen-bond donors (Lipinski definition) is 2. The summed E-state index contributed by atoms with van der Waals surface area (Å²) < 4.78 is 0. The fourth-order valence-electron chi connectivity index (χ4n) is 1.95. The second-order valence-corrected chi connectivity index (χ2v) is 4.58. The van der Waals surface area contributed by atoms with E-state index in [4.69, 9.17) is 5.84 Å². The van der Waals surface area contributed by atoms with Gasteiger partial charge in [-0.2, -0.15) is 4.98 Å². The first-order valence-electron chi connectivity index (χ1n) is 6.42. The monoisotopic (exact) mass is 266 g/mol. The van der Waals surface area contributed by atoms with Crippen LogP contribution in [0.2, 0.25) is 0 Å². The molecule has 1 aromatic heterocycles. The SMILES string of the molecule is CCCCN(c1nc(NN)ncc1[N+](=O)[O-])C1CC1. The lowest BCUT2D eigenvalue weighted by atomic mass is 10.3. The van der Waals surface area contributed by atoms with Crippen molar-refractivity contribution < 1.29 is 4.92 Å². The number of aromatic nitrogens is 2. The molecule has 0 spiro atoms. The Hall–Kier alpha value is -1.96. The van der Waals surface area contributed by atoms with Gasteiger partial charge in [0.2, 0.25) is 11.8 Å². The topological polar surface area (TPSA) is 110 Å². The predicted molar refractivity (Wildman–Crippen MR) is 71.8 cm³/mol. The van der Waals surface area contributed by atoms with E-state index < -0.39 is 4.92 Å². The van der Waals surface area contributed by atoms with Crippen LogP contribution in [-0.4, -0.2) is 27.5 Å². The third-order valence-corrected chi connectivity index (χ3v) is 3.09. The minimum absolute atomic E-state index is 0.0676. The maximum atomic E-state index is 11.1. The van der Waals surface area contributed by atoms with Gasteiger partial charge in [-0.25, -0.2) is 10.8 Å². The smallest absolute Gasteiger partial charge is 0.329 e. The van der Waals surface area contributed by atoms with Gasteiger partial charge in [0.05, 0.1) is 4.92 Å². The molecule has 1 fully saturated rings. The molecule has 0 unspecified atom stereocenters. The number of hydrazine groups is 1. The highest BCUT2D eigenvalue weighted by molar-refractivity contribution is 5.60. The van der Waals surface area contributed by atoms with Gasteiger partial charge < -0.3 is 4.90 Å². The van der Waals surface area contributed by atoms with E-state index in [-0.39, 0.29) is 11.6 Å². The minimum Gasteiger partial charge on any atom is -0.348 e. The number of anilines is 2. The molecule has 104 valence electrons. The van der Waals surface area contributed by atoms with Crippen molar-refractivity contribution >= 4 is 17.5 Å². The normalized spacial score (nSPS) is 14.2. The van der Waals surface area contributed by atoms with Gasteiger partial charge in [-0.05, 0) is 19.3 Å². The van der Waals surface area contributed by atoms with Gasteiger partial charge in [-0.1, -0.05) is 13.3 Å². The molecule has 3 N–H and O–H groups in total. The van der Waals surface area contributed by atoms with Crippen molar-refractivity contribution in [2.45, 2.75) is 38.6 Å². The molecule has 2 rings (SSSR count). The summed E-state index contributed by atoms with van der Waals surface area (Å²) in [7, 11) is 0. The zero-order chi connectivity index (χ0) is 13.8. The van der Waals surface area contributed by atoms with Crippen LogP contribution in [-0.2, 0) is 0 Å². The molecule has 8 heteroatoms. The van der Waals surface area contributed by atoms with Crippen molar-refractivity contribution in [1.29, 1.82) is 0 Å². The molecule has 19 heavy (non-hydrogen) atoms. The minimum atomic E-state index is -0.447. The lowest BCUT2D eigenvalue weighted by molar-refractivity contribution is -0.384. The van der Waals surface area contributed by atoms with Crippen LogP contribution >= 0.6 is 0 Å². The zero-order valence-electron chi connectivity index (χ0n) is 10.9. The van der Waals surface area contributed by atoms with E-state index >= 15 is 0 Å². The number of nitro groups is 1. The molecule has 1 aromatic rings. The highest BCUT2D eigenvalue weighted by Gasteiger charge is 2.34. The molecule has 0 saturated heterocycles. The van der Waals surface area contributed by atoms with E-state index in [1.807, 2.05) is 4.90 Å². The second kappa shape index (κ2) is 5.79. The molecule has 1 saturated carbocycles. The summed E-state index contributed by atoms with van der Waals surface area (Å²) in [4.78, 5) is 20.6. The third-order valence-electron chi connectivity index (χ3n) is 3.09. The molecule has 0 aliphatic heterocycles. The lowest BCUT2D eigenvalue weighted by Gasteiger charge is -2.23. The van der Waals surface area contributed by atoms with Crippen LogP contribution < -0.4 is 16.2 Å². The predicted octanol–water partition coefficient (Wildman–Crippen LogP) is 1.44. The van der Waals surface area contributed by atoms with Gasteiger partial charge in [0.1, 0.15) is 6.20 Å². The number of unbranched alkanes of at least 4 members (excludes halogenated alkanes) is 1. The Morgan fingerprint density at radius 1 is 1.63 bits per heavy atom. The van der Waals surface area contributed by atoms with Crippen LogP contribution in [0.5, 0.6) is 0 Å². The number of nitrogens with zero attached hydrogens (tertiary/aromatic N) is 4. The van der Waals surface area contributed by atoms with Crippen LogP contribution in [0.25, 0.3) is 0 Å². The second-order valence-electron chi connectivity index (χ2n) is 4.58. The van der Waals surface area contributed by atoms with Crippen LogP contribution in [0.15, 0.2) is 6.20 Å². The Morgan fingerprint density at radius 3 is 2.89 bits per heavy atom. The molecule has 1 aliphatic rings. The summed E-state index contributed by atoms with van der Waals surface area (Å²) in [6.45, 7) is 2.86. The summed E-state index contributed by atoms with van der Waals surface area (Å²) in [6, 6.07) is 0.353. The summed E-state index contributed by atoms with van der Waals surface area (Å²) in [5, 5.41) is 11.1. The summed E-state index contributed by atoms with van der Waals surface area (Å²) in [5.74, 6) is 5.84. The van der Waals surface area contributed by atoms with Crippen LogP contribution in [0, 0.1) is 10.1 Å². The molecule has 0 bridgehead atoms. The molecule has 8 nitrogen and oxygen atoms in total. The van der Waals surface area contributed by atoms with Crippen molar-refractivity contribution in [3.63, 3.8) is 0 Å². The average Bonchev–Trinajstić information content (AvgIpc) is 3.23. The molecule has 0 radical (unpaired) electrons. The van der Waals surface area contributed by atoms with Gasteiger partial charge >= 0.3 is 5.69 Å². The van der Waals surface area contributed by atoms with Crippen molar-refractivity contribution in [1.82, 2.24) is 9.97 Å². The van der Waals surface area contributed by atoms with Gasteiger partial charge in [-0.3, -0.25) is 15.5 Å². The lowest BCUT2D eigenvalue weighted by Crippen LogP contribution is -2.29. The van der Waals surface area contributed by atoms with Crippen molar-refractivity contribution in [3.8, 4) is 0 Å². The first-order chi connectivity index (χ1) is 9.17. The summed E-state index contributed by atoms with van der Waals surface area (Å²) in [6.07, 6.45) is 5.32. The van der Waals surface area contributed by atoms with E-state index in [9.17, 15) is 10.1 Å².